The molecule has 0 bridgehead atoms. The second-order valence-corrected chi connectivity index (χ2v) is 10.2. The number of thioether (sulfide) groups is 1. The Balaban J connectivity index is 1.70. The van der Waals surface area contributed by atoms with Crippen molar-refractivity contribution in [2.45, 2.75) is 44.8 Å². The Kier molecular flexibility index (Phi) is 9.85. The number of aliphatic carboxylic acids is 1. The Labute approximate surface area is 220 Å². The van der Waals surface area contributed by atoms with Crippen LogP contribution in [0.2, 0.25) is 0 Å². The number of carboxylic acid groups (broad SMARTS) is 1. The van der Waals surface area contributed by atoms with Crippen LogP contribution in [0.4, 0.5) is 0 Å². The molecule has 0 saturated carbocycles. The van der Waals surface area contributed by atoms with Crippen molar-refractivity contribution in [2.75, 3.05) is 11.6 Å². The second kappa shape index (κ2) is 13.0. The smallest absolute Gasteiger partial charge is 0.374 e. The van der Waals surface area contributed by atoms with Crippen LogP contribution in [0, 0.1) is 5.92 Å². The lowest BCUT2D eigenvalue weighted by atomic mass is 10.0. The summed E-state index contributed by atoms with van der Waals surface area (Å²) in [5.74, 6) is -3.78. The van der Waals surface area contributed by atoms with Gasteiger partial charge in [-0.2, -0.15) is 0 Å². The SMILES string of the molecule is CC(C)[C@H](NC(=O)Cc1ccccc1)C(=O)N1CSC[C@H]1C(=O)N[C@@H](Cc1ccccc1)C(=O)C(=O)O. The predicted octanol–water partition coefficient (Wildman–Crippen LogP) is 1.65. The Hall–Kier alpha value is -3.66. The van der Waals surface area contributed by atoms with Crippen molar-refractivity contribution in [1.82, 2.24) is 15.5 Å². The van der Waals surface area contributed by atoms with Gasteiger partial charge in [0.25, 0.3) is 5.78 Å². The zero-order chi connectivity index (χ0) is 26.9. The first-order valence-corrected chi connectivity index (χ1v) is 13.2. The number of amides is 3. The number of Topliss-reactive ketones (excluding diaryl/α,β-unsaturated/α-hetero) is 1. The van der Waals surface area contributed by atoms with Crippen LogP contribution in [0.25, 0.3) is 0 Å². The van der Waals surface area contributed by atoms with Crippen LogP contribution in [-0.4, -0.2) is 69.2 Å². The second-order valence-electron chi connectivity index (χ2n) is 9.20. The lowest BCUT2D eigenvalue weighted by molar-refractivity contribution is -0.150. The number of carbonyl (C=O) groups is 5. The highest BCUT2D eigenvalue weighted by Gasteiger charge is 2.40. The first-order valence-electron chi connectivity index (χ1n) is 12.0. The lowest BCUT2D eigenvalue weighted by Gasteiger charge is -2.30. The minimum absolute atomic E-state index is 0.00961. The fourth-order valence-electron chi connectivity index (χ4n) is 4.05. The van der Waals surface area contributed by atoms with Gasteiger partial charge in [0.05, 0.1) is 12.3 Å². The molecular weight excluding hydrogens is 494 g/mol. The minimum atomic E-state index is -1.64. The molecule has 3 amide bonds. The zero-order valence-corrected chi connectivity index (χ0v) is 21.6. The number of ketones is 1. The molecule has 2 aromatic rings. The van der Waals surface area contributed by atoms with E-state index in [9.17, 15) is 29.1 Å². The van der Waals surface area contributed by atoms with E-state index < -0.39 is 41.7 Å². The Morgan fingerprint density at radius 2 is 1.54 bits per heavy atom. The Bertz CT molecular complexity index is 1130. The monoisotopic (exact) mass is 525 g/mol. The molecule has 2 aromatic carbocycles. The average Bonchev–Trinajstić information content (AvgIpc) is 3.37. The molecule has 0 aliphatic carbocycles. The molecular formula is C27H31N3O6S. The molecule has 0 spiro atoms. The lowest BCUT2D eigenvalue weighted by Crippen LogP contribution is -2.57. The van der Waals surface area contributed by atoms with Crippen LogP contribution in [0.3, 0.4) is 0 Å². The van der Waals surface area contributed by atoms with E-state index in [-0.39, 0.29) is 30.5 Å². The van der Waals surface area contributed by atoms with Gasteiger partial charge in [0, 0.05) is 12.2 Å². The van der Waals surface area contributed by atoms with Gasteiger partial charge in [0.2, 0.25) is 17.7 Å². The number of carbonyl (C=O) groups excluding carboxylic acids is 4. The molecule has 1 heterocycles. The van der Waals surface area contributed by atoms with Gasteiger partial charge in [-0.15, -0.1) is 11.8 Å². The van der Waals surface area contributed by atoms with Crippen LogP contribution in [-0.2, 0) is 36.8 Å². The normalized spacial score (nSPS) is 16.6. The number of benzene rings is 2. The predicted molar refractivity (Wildman–Crippen MR) is 140 cm³/mol. The maximum absolute atomic E-state index is 13.5. The van der Waals surface area contributed by atoms with Gasteiger partial charge in [-0.1, -0.05) is 74.5 Å². The average molecular weight is 526 g/mol. The number of nitrogens with one attached hydrogen (secondary N) is 2. The highest BCUT2D eigenvalue weighted by atomic mass is 32.2. The number of rotatable bonds is 11. The van der Waals surface area contributed by atoms with Crippen molar-refractivity contribution in [3.05, 3.63) is 71.8 Å². The summed E-state index contributed by atoms with van der Waals surface area (Å²) in [6, 6.07) is 14.9. The highest BCUT2D eigenvalue weighted by Crippen LogP contribution is 2.24. The largest absolute Gasteiger partial charge is 0.475 e. The Morgan fingerprint density at radius 3 is 2.11 bits per heavy atom. The maximum atomic E-state index is 13.5. The molecule has 1 fully saturated rings. The van der Waals surface area contributed by atoms with Crippen molar-refractivity contribution < 1.29 is 29.1 Å². The van der Waals surface area contributed by atoms with E-state index in [1.165, 1.54) is 16.7 Å². The standard InChI is InChI=1S/C27H31N3O6S/c1-17(2)23(29-22(31)14-19-11-7-4-8-12-19)26(34)30-16-37-15-21(30)25(33)28-20(24(32)27(35)36)13-18-9-5-3-6-10-18/h3-12,17,20-21,23H,13-16H2,1-2H3,(H,28,33)(H,29,31)(H,35,36)/t20-,21-,23-/m0/s1. The van der Waals surface area contributed by atoms with Crippen LogP contribution in [0.1, 0.15) is 25.0 Å². The summed E-state index contributed by atoms with van der Waals surface area (Å²) >= 11 is 1.37. The van der Waals surface area contributed by atoms with Crippen LogP contribution in [0.5, 0.6) is 0 Å². The van der Waals surface area contributed by atoms with Gasteiger partial charge >= 0.3 is 5.97 Å². The molecule has 0 aromatic heterocycles. The van der Waals surface area contributed by atoms with Crippen molar-refractivity contribution >= 4 is 41.2 Å². The third kappa shape index (κ3) is 7.66. The van der Waals surface area contributed by atoms with E-state index in [0.717, 1.165) is 5.56 Å². The quantitative estimate of drug-likeness (QED) is 0.380. The minimum Gasteiger partial charge on any atom is -0.475 e. The summed E-state index contributed by atoms with van der Waals surface area (Å²) in [4.78, 5) is 64.4. The summed E-state index contributed by atoms with van der Waals surface area (Å²) in [5.41, 5.74) is 1.51. The molecule has 3 rings (SSSR count). The molecule has 0 unspecified atom stereocenters. The molecule has 37 heavy (non-hydrogen) atoms. The number of carboxylic acids is 1. The molecule has 0 radical (unpaired) electrons. The van der Waals surface area contributed by atoms with Gasteiger partial charge in [-0.05, 0) is 17.0 Å². The third-order valence-electron chi connectivity index (χ3n) is 6.05. The van der Waals surface area contributed by atoms with E-state index in [1.54, 1.807) is 30.3 Å². The van der Waals surface area contributed by atoms with Gasteiger partial charge in [-0.25, -0.2) is 4.79 Å². The van der Waals surface area contributed by atoms with E-state index in [1.807, 2.05) is 44.2 Å². The molecule has 196 valence electrons. The first-order chi connectivity index (χ1) is 17.7. The fourth-order valence-corrected chi connectivity index (χ4v) is 5.21. The van der Waals surface area contributed by atoms with Gasteiger partial charge in [0.1, 0.15) is 18.1 Å². The molecule has 10 heteroatoms. The number of hydrogen-bond acceptors (Lipinski definition) is 6. The highest BCUT2D eigenvalue weighted by molar-refractivity contribution is 7.99. The molecule has 1 aliphatic heterocycles. The summed E-state index contributed by atoms with van der Waals surface area (Å²) < 4.78 is 0. The number of hydrogen-bond donors (Lipinski definition) is 3. The van der Waals surface area contributed by atoms with E-state index >= 15 is 0 Å². The van der Waals surface area contributed by atoms with E-state index in [0.29, 0.717) is 11.3 Å². The molecule has 1 aliphatic rings. The van der Waals surface area contributed by atoms with E-state index in [2.05, 4.69) is 10.6 Å². The van der Waals surface area contributed by atoms with Crippen molar-refractivity contribution in [3.8, 4) is 0 Å². The van der Waals surface area contributed by atoms with Crippen molar-refractivity contribution in [1.29, 1.82) is 0 Å². The summed E-state index contributed by atoms with van der Waals surface area (Å²) in [6.45, 7) is 3.62. The third-order valence-corrected chi connectivity index (χ3v) is 7.06. The summed E-state index contributed by atoms with van der Waals surface area (Å²) in [6.07, 6.45) is 0.129. The maximum Gasteiger partial charge on any atom is 0.374 e. The van der Waals surface area contributed by atoms with Crippen molar-refractivity contribution in [3.63, 3.8) is 0 Å². The van der Waals surface area contributed by atoms with Gasteiger partial charge in [0.15, 0.2) is 0 Å². The van der Waals surface area contributed by atoms with Crippen LogP contribution >= 0.6 is 11.8 Å². The summed E-state index contributed by atoms with van der Waals surface area (Å²) in [7, 11) is 0. The zero-order valence-electron chi connectivity index (χ0n) is 20.8. The Morgan fingerprint density at radius 1 is 0.946 bits per heavy atom. The van der Waals surface area contributed by atoms with Crippen LogP contribution in [0.15, 0.2) is 60.7 Å². The molecule has 9 nitrogen and oxygen atoms in total. The summed E-state index contributed by atoms with van der Waals surface area (Å²) in [5, 5.41) is 14.6. The van der Waals surface area contributed by atoms with E-state index in [4.69, 9.17) is 0 Å². The molecule has 3 N–H and O–H groups in total. The topological polar surface area (TPSA) is 133 Å². The number of nitrogens with zero attached hydrogens (tertiary/aromatic N) is 1. The van der Waals surface area contributed by atoms with Crippen molar-refractivity contribution in [2.24, 2.45) is 5.92 Å². The first kappa shape index (κ1) is 27.9. The van der Waals surface area contributed by atoms with Gasteiger partial charge in [-0.3, -0.25) is 19.2 Å². The molecule has 3 atom stereocenters. The fraction of sp³-hybridized carbons (Fsp3) is 0.370. The van der Waals surface area contributed by atoms with Gasteiger partial charge < -0.3 is 20.6 Å². The van der Waals surface area contributed by atoms with Crippen LogP contribution < -0.4 is 10.6 Å². The molecule has 1 saturated heterocycles.